The van der Waals surface area contributed by atoms with E-state index < -0.39 is 5.24 Å². The molecule has 0 aliphatic heterocycles. The van der Waals surface area contributed by atoms with Crippen molar-refractivity contribution in [3.8, 4) is 11.5 Å². The zero-order chi connectivity index (χ0) is 15.9. The Hall–Kier alpha value is -2.26. The first-order valence-electron chi connectivity index (χ1n) is 6.83. The fourth-order valence-corrected chi connectivity index (χ4v) is 1.99. The van der Waals surface area contributed by atoms with Gasteiger partial charge in [0.15, 0.2) is 11.5 Å². The molecule has 0 bridgehead atoms. The third-order valence-corrected chi connectivity index (χ3v) is 3.42. The molecule has 0 heterocycles. The van der Waals surface area contributed by atoms with Gasteiger partial charge < -0.3 is 9.47 Å². The Morgan fingerprint density at radius 3 is 2.50 bits per heavy atom. The molecular weight excluding hydrogens is 300 g/mol. The summed E-state index contributed by atoms with van der Waals surface area (Å²) in [6.07, 6.45) is 1.71. The first kappa shape index (κ1) is 16.1. The van der Waals surface area contributed by atoms with Crippen LogP contribution in [-0.2, 0) is 11.4 Å². The molecule has 0 amide bonds. The van der Waals surface area contributed by atoms with Crippen molar-refractivity contribution in [2.75, 3.05) is 7.11 Å². The predicted octanol–water partition coefficient (Wildman–Crippen LogP) is 4.44. The summed E-state index contributed by atoms with van der Waals surface area (Å²) in [6.45, 7) is 2.11. The second kappa shape index (κ2) is 7.66. The van der Waals surface area contributed by atoms with Crippen LogP contribution >= 0.6 is 11.6 Å². The normalized spacial score (nSPS) is 11.1. The van der Waals surface area contributed by atoms with Crippen molar-refractivity contribution in [1.82, 2.24) is 0 Å². The van der Waals surface area contributed by atoms with E-state index in [2.05, 4.69) is 0 Å². The molecule has 0 aromatic heterocycles. The minimum absolute atomic E-state index is 0.442. The van der Waals surface area contributed by atoms with Gasteiger partial charge in [-0.25, -0.2) is 0 Å². The van der Waals surface area contributed by atoms with Crippen LogP contribution in [0.25, 0.3) is 6.08 Å². The number of ether oxygens (including phenoxy) is 2. The number of carbonyl (C=O) groups is 1. The number of halogens is 1. The van der Waals surface area contributed by atoms with Crippen LogP contribution in [-0.4, -0.2) is 12.4 Å². The molecule has 0 aliphatic rings. The molecule has 114 valence electrons. The molecule has 0 fully saturated rings. The number of methoxy groups -OCH3 is 1. The van der Waals surface area contributed by atoms with Crippen molar-refractivity contribution in [3.63, 3.8) is 0 Å². The van der Waals surface area contributed by atoms with Crippen LogP contribution in [0, 0.1) is 0 Å². The predicted molar refractivity (Wildman–Crippen MR) is 88.3 cm³/mol. The molecule has 0 saturated carbocycles. The first-order chi connectivity index (χ1) is 10.6. The third-order valence-electron chi connectivity index (χ3n) is 3.12. The Kier molecular flexibility index (Phi) is 5.61. The summed E-state index contributed by atoms with van der Waals surface area (Å²) >= 11 is 5.45. The number of rotatable bonds is 6. The highest BCUT2D eigenvalue weighted by Crippen LogP contribution is 2.29. The SMILES string of the molecule is COc1ccc(/C=C(\C)C(=O)Cl)cc1OCc1ccccc1. The smallest absolute Gasteiger partial charge is 0.248 e. The Bertz CT molecular complexity index is 678. The molecule has 3 nitrogen and oxygen atoms in total. The number of benzene rings is 2. The summed E-state index contributed by atoms with van der Waals surface area (Å²) in [7, 11) is 1.59. The van der Waals surface area contributed by atoms with E-state index in [4.69, 9.17) is 21.1 Å². The molecule has 0 atom stereocenters. The zero-order valence-electron chi connectivity index (χ0n) is 12.5. The topological polar surface area (TPSA) is 35.5 Å². The number of hydrogen-bond acceptors (Lipinski definition) is 3. The van der Waals surface area contributed by atoms with Crippen LogP contribution in [0.3, 0.4) is 0 Å². The van der Waals surface area contributed by atoms with Crippen LogP contribution in [0.2, 0.25) is 0 Å². The van der Waals surface area contributed by atoms with Gasteiger partial charge in [0.25, 0.3) is 0 Å². The molecular formula is C18H17ClO3. The van der Waals surface area contributed by atoms with Gasteiger partial charge in [0.05, 0.1) is 7.11 Å². The Morgan fingerprint density at radius 2 is 1.86 bits per heavy atom. The minimum atomic E-state index is -0.470. The van der Waals surface area contributed by atoms with Gasteiger partial charge in [-0.3, -0.25) is 4.79 Å². The van der Waals surface area contributed by atoms with Gasteiger partial charge in [-0.05, 0) is 47.9 Å². The van der Waals surface area contributed by atoms with E-state index >= 15 is 0 Å². The summed E-state index contributed by atoms with van der Waals surface area (Å²) < 4.78 is 11.1. The highest BCUT2D eigenvalue weighted by Gasteiger charge is 2.07. The number of carbonyl (C=O) groups excluding carboxylic acids is 1. The zero-order valence-corrected chi connectivity index (χ0v) is 13.3. The fraction of sp³-hybridized carbons (Fsp3) is 0.167. The molecule has 2 rings (SSSR count). The second-order valence-electron chi connectivity index (χ2n) is 4.79. The highest BCUT2D eigenvalue weighted by molar-refractivity contribution is 6.68. The molecule has 0 spiro atoms. The summed E-state index contributed by atoms with van der Waals surface area (Å²) in [5.74, 6) is 1.26. The van der Waals surface area contributed by atoms with Crippen LogP contribution in [0.1, 0.15) is 18.1 Å². The van der Waals surface area contributed by atoms with E-state index in [0.29, 0.717) is 23.7 Å². The highest BCUT2D eigenvalue weighted by atomic mass is 35.5. The van der Waals surface area contributed by atoms with E-state index in [1.54, 1.807) is 26.2 Å². The summed E-state index contributed by atoms with van der Waals surface area (Å²) in [5, 5.41) is -0.470. The van der Waals surface area contributed by atoms with Gasteiger partial charge in [0.2, 0.25) is 5.24 Å². The second-order valence-corrected chi connectivity index (χ2v) is 5.13. The largest absolute Gasteiger partial charge is 0.493 e. The maximum atomic E-state index is 11.1. The Balaban J connectivity index is 2.21. The van der Waals surface area contributed by atoms with Crippen LogP contribution in [0.15, 0.2) is 54.1 Å². The van der Waals surface area contributed by atoms with Gasteiger partial charge in [-0.2, -0.15) is 0 Å². The van der Waals surface area contributed by atoms with Crippen molar-refractivity contribution in [2.24, 2.45) is 0 Å². The van der Waals surface area contributed by atoms with E-state index in [1.165, 1.54) is 0 Å². The quantitative estimate of drug-likeness (QED) is 0.583. The molecule has 2 aromatic rings. The monoisotopic (exact) mass is 316 g/mol. The van der Waals surface area contributed by atoms with Crippen molar-refractivity contribution in [1.29, 1.82) is 0 Å². The lowest BCUT2D eigenvalue weighted by atomic mass is 10.1. The van der Waals surface area contributed by atoms with Gasteiger partial charge in [0, 0.05) is 5.57 Å². The lowest BCUT2D eigenvalue weighted by Crippen LogP contribution is -1.98. The van der Waals surface area contributed by atoms with Gasteiger partial charge in [-0.1, -0.05) is 36.4 Å². The molecule has 0 N–H and O–H groups in total. The standard InChI is InChI=1S/C18H17ClO3/c1-13(18(19)20)10-15-8-9-16(21-2)17(11-15)22-12-14-6-4-3-5-7-14/h3-11H,12H2,1-2H3/b13-10+. The van der Waals surface area contributed by atoms with E-state index in [9.17, 15) is 4.79 Å². The van der Waals surface area contributed by atoms with Gasteiger partial charge in [-0.15, -0.1) is 0 Å². The average Bonchev–Trinajstić information content (AvgIpc) is 2.54. The van der Waals surface area contributed by atoms with Crippen molar-refractivity contribution >= 4 is 22.9 Å². The van der Waals surface area contributed by atoms with Gasteiger partial charge in [0.1, 0.15) is 6.61 Å². The lowest BCUT2D eigenvalue weighted by molar-refractivity contribution is -0.108. The molecule has 0 saturated heterocycles. The summed E-state index contributed by atoms with van der Waals surface area (Å²) in [5.41, 5.74) is 2.37. The molecule has 0 radical (unpaired) electrons. The van der Waals surface area contributed by atoms with Crippen molar-refractivity contribution in [2.45, 2.75) is 13.5 Å². The minimum Gasteiger partial charge on any atom is -0.493 e. The van der Waals surface area contributed by atoms with Crippen LogP contribution < -0.4 is 9.47 Å². The maximum Gasteiger partial charge on any atom is 0.248 e. The molecule has 22 heavy (non-hydrogen) atoms. The van der Waals surface area contributed by atoms with Gasteiger partial charge >= 0.3 is 0 Å². The Morgan fingerprint density at radius 1 is 1.14 bits per heavy atom. The third kappa shape index (κ3) is 4.37. The summed E-state index contributed by atoms with van der Waals surface area (Å²) in [6, 6.07) is 15.3. The van der Waals surface area contributed by atoms with Crippen molar-refractivity contribution < 1.29 is 14.3 Å². The lowest BCUT2D eigenvalue weighted by Gasteiger charge is -2.11. The van der Waals surface area contributed by atoms with Crippen LogP contribution in [0.4, 0.5) is 0 Å². The molecule has 0 aliphatic carbocycles. The van der Waals surface area contributed by atoms with E-state index in [0.717, 1.165) is 11.1 Å². The van der Waals surface area contributed by atoms with E-state index in [1.807, 2.05) is 42.5 Å². The average molecular weight is 317 g/mol. The summed E-state index contributed by atoms with van der Waals surface area (Å²) in [4.78, 5) is 11.1. The van der Waals surface area contributed by atoms with Crippen LogP contribution in [0.5, 0.6) is 11.5 Å². The molecule has 4 heteroatoms. The Labute approximate surface area is 135 Å². The maximum absolute atomic E-state index is 11.1. The van der Waals surface area contributed by atoms with E-state index in [-0.39, 0.29) is 0 Å². The fourth-order valence-electron chi connectivity index (χ4n) is 1.94. The molecule has 2 aromatic carbocycles. The number of allylic oxidation sites excluding steroid dienone is 1. The molecule has 0 unspecified atom stereocenters. The number of hydrogen-bond donors (Lipinski definition) is 0. The first-order valence-corrected chi connectivity index (χ1v) is 7.21. The van der Waals surface area contributed by atoms with Crippen molar-refractivity contribution in [3.05, 3.63) is 65.2 Å².